The van der Waals surface area contributed by atoms with E-state index in [9.17, 15) is 4.79 Å². The molecule has 2 rings (SSSR count). The fourth-order valence-corrected chi connectivity index (χ4v) is 2.17. The highest BCUT2D eigenvalue weighted by Crippen LogP contribution is 2.22. The quantitative estimate of drug-likeness (QED) is 0.738. The Hall–Kier alpha value is -1.28. The third kappa shape index (κ3) is 2.89. The van der Waals surface area contributed by atoms with Gasteiger partial charge in [0, 0.05) is 13.1 Å². The number of benzene rings is 1. The third-order valence-corrected chi connectivity index (χ3v) is 3.19. The number of alkyl halides is 1. The van der Waals surface area contributed by atoms with E-state index in [-0.39, 0.29) is 5.91 Å². The zero-order chi connectivity index (χ0) is 12.3. The molecular formula is C14H16ClNO. The van der Waals surface area contributed by atoms with Crippen molar-refractivity contribution in [3.63, 3.8) is 0 Å². The molecule has 1 aliphatic rings. The topological polar surface area (TPSA) is 20.3 Å². The zero-order valence-electron chi connectivity index (χ0n) is 9.90. The van der Waals surface area contributed by atoms with E-state index in [2.05, 4.69) is 18.2 Å². The maximum absolute atomic E-state index is 11.7. The first-order valence-electron chi connectivity index (χ1n) is 5.86. The van der Waals surface area contributed by atoms with Crippen molar-refractivity contribution >= 4 is 23.1 Å². The Labute approximate surface area is 107 Å². The van der Waals surface area contributed by atoms with E-state index in [0.29, 0.717) is 6.54 Å². The van der Waals surface area contributed by atoms with Gasteiger partial charge in [0.15, 0.2) is 0 Å². The predicted octanol–water partition coefficient (Wildman–Crippen LogP) is 2.93. The molecule has 1 amide bonds. The van der Waals surface area contributed by atoms with Crippen LogP contribution in [0.4, 0.5) is 0 Å². The molecule has 0 fully saturated rings. The van der Waals surface area contributed by atoms with Crippen molar-refractivity contribution in [2.24, 2.45) is 0 Å². The highest BCUT2D eigenvalue weighted by Gasteiger charge is 2.20. The summed E-state index contributed by atoms with van der Waals surface area (Å²) < 4.78 is 0. The number of carbonyl (C=O) groups excluding carboxylic acids is 1. The van der Waals surface area contributed by atoms with Gasteiger partial charge in [0.1, 0.15) is 5.38 Å². The molecule has 17 heavy (non-hydrogen) atoms. The summed E-state index contributed by atoms with van der Waals surface area (Å²) in [5, 5.41) is -0.429. The van der Waals surface area contributed by atoms with Crippen molar-refractivity contribution in [1.82, 2.24) is 4.90 Å². The van der Waals surface area contributed by atoms with Gasteiger partial charge in [-0.15, -0.1) is 11.6 Å². The molecule has 0 saturated heterocycles. The van der Waals surface area contributed by atoms with Gasteiger partial charge in [-0.3, -0.25) is 4.79 Å². The molecule has 0 radical (unpaired) electrons. The van der Waals surface area contributed by atoms with E-state index in [1.807, 2.05) is 23.1 Å². The molecule has 0 saturated carbocycles. The number of amides is 1. The van der Waals surface area contributed by atoms with Crippen LogP contribution in [0.3, 0.4) is 0 Å². The third-order valence-electron chi connectivity index (χ3n) is 3.01. The smallest absolute Gasteiger partial charge is 0.240 e. The lowest BCUT2D eigenvalue weighted by Crippen LogP contribution is -2.38. The molecule has 0 unspecified atom stereocenters. The Morgan fingerprint density at radius 3 is 2.59 bits per heavy atom. The fourth-order valence-electron chi connectivity index (χ4n) is 2.04. The van der Waals surface area contributed by atoms with E-state index in [1.54, 1.807) is 6.92 Å². The highest BCUT2D eigenvalue weighted by atomic mass is 35.5. The van der Waals surface area contributed by atoms with E-state index in [1.165, 1.54) is 11.1 Å². The summed E-state index contributed by atoms with van der Waals surface area (Å²) >= 11 is 5.80. The van der Waals surface area contributed by atoms with Crippen LogP contribution in [0.2, 0.25) is 0 Å². The van der Waals surface area contributed by atoms with E-state index in [0.717, 1.165) is 13.0 Å². The van der Waals surface area contributed by atoms with Crippen LogP contribution < -0.4 is 0 Å². The fraction of sp³-hybridized carbons (Fsp3) is 0.357. The van der Waals surface area contributed by atoms with Crippen molar-refractivity contribution in [3.05, 3.63) is 42.0 Å². The largest absolute Gasteiger partial charge is 0.337 e. The van der Waals surface area contributed by atoms with E-state index in [4.69, 9.17) is 11.6 Å². The lowest BCUT2D eigenvalue weighted by atomic mass is 9.99. The summed E-state index contributed by atoms with van der Waals surface area (Å²) in [6.45, 7) is 3.15. The van der Waals surface area contributed by atoms with E-state index < -0.39 is 5.38 Å². The standard InChI is InChI=1S/C14H16ClNO/c1-11(15)14(17)16-9-7-13(8-10-16)12-5-3-2-4-6-12/h2-7,11H,8-10H2,1H3/t11-/m0/s1. The Bertz CT molecular complexity index is 425. The van der Waals surface area contributed by atoms with Gasteiger partial charge in [-0.05, 0) is 24.5 Å². The number of hydrogen-bond donors (Lipinski definition) is 0. The zero-order valence-corrected chi connectivity index (χ0v) is 10.7. The van der Waals surface area contributed by atoms with Crippen LogP contribution in [-0.2, 0) is 4.79 Å². The van der Waals surface area contributed by atoms with Crippen LogP contribution in [0.5, 0.6) is 0 Å². The van der Waals surface area contributed by atoms with Gasteiger partial charge >= 0.3 is 0 Å². The van der Waals surface area contributed by atoms with Crippen LogP contribution in [-0.4, -0.2) is 29.3 Å². The molecule has 1 aromatic carbocycles. The molecule has 3 heteroatoms. The van der Waals surface area contributed by atoms with Crippen LogP contribution in [0.1, 0.15) is 18.9 Å². The van der Waals surface area contributed by atoms with Crippen LogP contribution >= 0.6 is 11.6 Å². The number of rotatable bonds is 2. The Morgan fingerprint density at radius 2 is 2.06 bits per heavy atom. The van der Waals surface area contributed by atoms with Gasteiger partial charge < -0.3 is 4.90 Å². The van der Waals surface area contributed by atoms with Crippen LogP contribution in [0.15, 0.2) is 36.4 Å². The summed E-state index contributed by atoms with van der Waals surface area (Å²) in [5.41, 5.74) is 2.57. The predicted molar refractivity (Wildman–Crippen MR) is 70.9 cm³/mol. The summed E-state index contributed by atoms with van der Waals surface area (Å²) in [6, 6.07) is 10.3. The second-order valence-electron chi connectivity index (χ2n) is 4.25. The second kappa shape index (κ2) is 5.37. The molecule has 1 aromatic rings. The number of halogens is 1. The molecule has 0 spiro atoms. The van der Waals surface area contributed by atoms with Crippen molar-refractivity contribution in [3.8, 4) is 0 Å². The average Bonchev–Trinajstić information content (AvgIpc) is 2.39. The maximum Gasteiger partial charge on any atom is 0.240 e. The molecule has 0 bridgehead atoms. The SMILES string of the molecule is C[C@H](Cl)C(=O)N1CC=C(c2ccccc2)CC1. The first kappa shape index (κ1) is 12.2. The van der Waals surface area contributed by atoms with Gasteiger partial charge in [0.05, 0.1) is 0 Å². The summed E-state index contributed by atoms with van der Waals surface area (Å²) in [4.78, 5) is 13.5. The molecule has 0 N–H and O–H groups in total. The first-order valence-corrected chi connectivity index (χ1v) is 6.29. The average molecular weight is 250 g/mol. The summed E-state index contributed by atoms with van der Waals surface area (Å²) in [6.07, 6.45) is 3.02. The van der Waals surface area contributed by atoms with E-state index >= 15 is 0 Å². The van der Waals surface area contributed by atoms with Gasteiger partial charge in [-0.1, -0.05) is 36.4 Å². The van der Waals surface area contributed by atoms with Gasteiger partial charge in [-0.25, -0.2) is 0 Å². The molecule has 90 valence electrons. The number of hydrogen-bond acceptors (Lipinski definition) is 1. The number of carbonyl (C=O) groups is 1. The molecular weight excluding hydrogens is 234 g/mol. The first-order chi connectivity index (χ1) is 8.18. The van der Waals surface area contributed by atoms with Crippen LogP contribution in [0, 0.1) is 0 Å². The minimum absolute atomic E-state index is 0.0232. The lowest BCUT2D eigenvalue weighted by molar-refractivity contribution is -0.130. The molecule has 2 nitrogen and oxygen atoms in total. The Kier molecular flexibility index (Phi) is 3.85. The summed E-state index contributed by atoms with van der Waals surface area (Å²) in [5.74, 6) is 0.0232. The van der Waals surface area contributed by atoms with Crippen molar-refractivity contribution in [2.75, 3.05) is 13.1 Å². The Balaban J connectivity index is 2.06. The molecule has 1 heterocycles. The maximum atomic E-state index is 11.7. The van der Waals surface area contributed by atoms with Crippen molar-refractivity contribution < 1.29 is 4.79 Å². The minimum Gasteiger partial charge on any atom is -0.337 e. The second-order valence-corrected chi connectivity index (χ2v) is 4.90. The summed E-state index contributed by atoms with van der Waals surface area (Å²) in [7, 11) is 0. The lowest BCUT2D eigenvalue weighted by Gasteiger charge is -2.27. The minimum atomic E-state index is -0.429. The highest BCUT2D eigenvalue weighted by molar-refractivity contribution is 6.30. The van der Waals surface area contributed by atoms with Gasteiger partial charge in [-0.2, -0.15) is 0 Å². The van der Waals surface area contributed by atoms with Crippen molar-refractivity contribution in [1.29, 1.82) is 0 Å². The Morgan fingerprint density at radius 1 is 1.35 bits per heavy atom. The van der Waals surface area contributed by atoms with Gasteiger partial charge in [0.25, 0.3) is 0 Å². The molecule has 1 atom stereocenters. The molecule has 1 aliphatic heterocycles. The number of nitrogens with zero attached hydrogens (tertiary/aromatic N) is 1. The molecule has 0 aromatic heterocycles. The monoisotopic (exact) mass is 249 g/mol. The molecule has 0 aliphatic carbocycles. The van der Waals surface area contributed by atoms with Gasteiger partial charge in [0.2, 0.25) is 5.91 Å². The normalized spacial score (nSPS) is 17.5. The van der Waals surface area contributed by atoms with Crippen molar-refractivity contribution in [2.45, 2.75) is 18.7 Å². The van der Waals surface area contributed by atoms with Crippen LogP contribution in [0.25, 0.3) is 5.57 Å².